The van der Waals surface area contributed by atoms with Crippen LogP contribution in [0.1, 0.15) is 11.1 Å². The molecule has 0 saturated heterocycles. The van der Waals surface area contributed by atoms with E-state index in [-0.39, 0.29) is 10.6 Å². The lowest BCUT2D eigenvalue weighted by atomic mass is 10.2. The van der Waals surface area contributed by atoms with Gasteiger partial charge in [0, 0.05) is 24.2 Å². The van der Waals surface area contributed by atoms with Crippen molar-refractivity contribution in [2.75, 3.05) is 11.4 Å². The molecule has 0 unspecified atom stereocenters. The molecule has 0 aliphatic carbocycles. The standard InChI is InChI=1S/C15H15ClN2O4S/c1-10-4-6-12(16)8-14(10)17(3)23(21,22)15-9-13(18(19)20)7-5-11(15)2/h4-9H,1-3H3. The predicted octanol–water partition coefficient (Wildman–Crippen LogP) is 3.69. The van der Waals surface area contributed by atoms with E-state index in [4.69, 9.17) is 11.6 Å². The van der Waals surface area contributed by atoms with Crippen LogP contribution in [0.2, 0.25) is 5.02 Å². The molecular weight excluding hydrogens is 340 g/mol. The largest absolute Gasteiger partial charge is 0.270 e. The number of nitro benzene ring substituents is 1. The van der Waals surface area contributed by atoms with Gasteiger partial charge in [0.25, 0.3) is 15.7 Å². The molecule has 0 aromatic heterocycles. The first kappa shape index (κ1) is 17.2. The molecule has 2 aromatic rings. The first-order valence-electron chi connectivity index (χ1n) is 6.64. The maximum Gasteiger partial charge on any atom is 0.270 e. The molecule has 6 nitrogen and oxygen atoms in total. The molecule has 0 aliphatic rings. The minimum atomic E-state index is -3.95. The number of non-ortho nitro benzene ring substituents is 1. The van der Waals surface area contributed by atoms with Crippen LogP contribution in [-0.2, 0) is 10.0 Å². The minimum absolute atomic E-state index is 0.103. The molecule has 0 atom stereocenters. The Hall–Kier alpha value is -2.12. The zero-order chi connectivity index (χ0) is 17.4. The fourth-order valence-electron chi connectivity index (χ4n) is 2.18. The summed E-state index contributed by atoms with van der Waals surface area (Å²) in [6.07, 6.45) is 0. The Morgan fingerprint density at radius 1 is 1.09 bits per heavy atom. The molecule has 2 rings (SSSR count). The number of anilines is 1. The second-order valence-electron chi connectivity index (χ2n) is 5.11. The summed E-state index contributed by atoms with van der Waals surface area (Å²) in [5.74, 6) is 0. The molecule has 122 valence electrons. The Morgan fingerprint density at radius 2 is 1.70 bits per heavy atom. The van der Waals surface area contributed by atoms with E-state index in [2.05, 4.69) is 0 Å². The van der Waals surface area contributed by atoms with Crippen molar-refractivity contribution in [3.63, 3.8) is 0 Å². The average molecular weight is 355 g/mol. The lowest BCUT2D eigenvalue weighted by Gasteiger charge is -2.22. The van der Waals surface area contributed by atoms with Gasteiger partial charge >= 0.3 is 0 Å². The Morgan fingerprint density at radius 3 is 2.30 bits per heavy atom. The van der Waals surface area contributed by atoms with Gasteiger partial charge in [-0.25, -0.2) is 8.42 Å². The Labute approximate surface area is 139 Å². The minimum Gasteiger partial charge on any atom is -0.269 e. The zero-order valence-electron chi connectivity index (χ0n) is 12.8. The van der Waals surface area contributed by atoms with Crippen molar-refractivity contribution in [2.45, 2.75) is 18.7 Å². The predicted molar refractivity (Wildman–Crippen MR) is 89.6 cm³/mol. The van der Waals surface area contributed by atoms with Crippen molar-refractivity contribution >= 4 is 33.0 Å². The molecule has 0 saturated carbocycles. The molecule has 0 amide bonds. The van der Waals surface area contributed by atoms with E-state index in [1.54, 1.807) is 32.0 Å². The average Bonchev–Trinajstić information content (AvgIpc) is 2.49. The van der Waals surface area contributed by atoms with Gasteiger partial charge < -0.3 is 0 Å². The van der Waals surface area contributed by atoms with Gasteiger partial charge in [0.2, 0.25) is 0 Å². The Bertz CT molecular complexity index is 881. The van der Waals surface area contributed by atoms with E-state index < -0.39 is 14.9 Å². The van der Waals surface area contributed by atoms with E-state index in [0.29, 0.717) is 16.3 Å². The fourth-order valence-corrected chi connectivity index (χ4v) is 3.84. The highest BCUT2D eigenvalue weighted by Gasteiger charge is 2.26. The van der Waals surface area contributed by atoms with Gasteiger partial charge in [-0.2, -0.15) is 0 Å². The van der Waals surface area contributed by atoms with Crippen LogP contribution in [0.5, 0.6) is 0 Å². The third-order valence-corrected chi connectivity index (χ3v) is 5.68. The highest BCUT2D eigenvalue weighted by Crippen LogP contribution is 2.30. The van der Waals surface area contributed by atoms with Crippen LogP contribution in [0.15, 0.2) is 41.3 Å². The normalized spacial score (nSPS) is 11.3. The number of sulfonamides is 1. The number of aryl methyl sites for hydroxylation is 2. The summed E-state index contributed by atoms with van der Waals surface area (Å²) in [5.41, 5.74) is 1.31. The summed E-state index contributed by atoms with van der Waals surface area (Å²) in [5, 5.41) is 11.3. The van der Waals surface area contributed by atoms with Crippen molar-refractivity contribution in [3.05, 3.63) is 62.7 Å². The molecule has 0 bridgehead atoms. The summed E-state index contributed by atoms with van der Waals surface area (Å²) in [6.45, 7) is 3.35. The SMILES string of the molecule is Cc1ccc(Cl)cc1N(C)S(=O)(=O)c1cc([N+](=O)[O-])ccc1C. The monoisotopic (exact) mass is 354 g/mol. The van der Waals surface area contributed by atoms with Crippen molar-refractivity contribution in [3.8, 4) is 0 Å². The number of benzene rings is 2. The second-order valence-corrected chi connectivity index (χ2v) is 7.48. The first-order chi connectivity index (χ1) is 10.6. The third kappa shape index (κ3) is 3.30. The van der Waals surface area contributed by atoms with Gasteiger partial charge in [0.05, 0.1) is 15.5 Å². The van der Waals surface area contributed by atoms with Gasteiger partial charge in [0.15, 0.2) is 0 Å². The van der Waals surface area contributed by atoms with Crippen LogP contribution >= 0.6 is 11.6 Å². The highest BCUT2D eigenvalue weighted by molar-refractivity contribution is 7.92. The van der Waals surface area contributed by atoms with Crippen LogP contribution in [0.4, 0.5) is 11.4 Å². The smallest absolute Gasteiger partial charge is 0.269 e. The molecule has 0 fully saturated rings. The lowest BCUT2D eigenvalue weighted by Crippen LogP contribution is -2.28. The molecule has 0 spiro atoms. The Balaban J connectivity index is 2.60. The van der Waals surface area contributed by atoms with Crippen molar-refractivity contribution < 1.29 is 13.3 Å². The van der Waals surface area contributed by atoms with Crippen LogP contribution in [-0.4, -0.2) is 20.4 Å². The number of rotatable bonds is 4. The molecule has 0 heterocycles. The van der Waals surface area contributed by atoms with Crippen LogP contribution < -0.4 is 4.31 Å². The maximum atomic E-state index is 12.9. The molecule has 8 heteroatoms. The molecular formula is C15H15ClN2O4S. The van der Waals surface area contributed by atoms with Crippen LogP contribution in [0.25, 0.3) is 0 Å². The summed E-state index contributed by atoms with van der Waals surface area (Å²) in [4.78, 5) is 10.2. The van der Waals surface area contributed by atoms with Gasteiger partial charge in [-0.15, -0.1) is 0 Å². The topological polar surface area (TPSA) is 80.5 Å². The van der Waals surface area contributed by atoms with Crippen molar-refractivity contribution in [1.29, 1.82) is 0 Å². The van der Waals surface area contributed by atoms with Gasteiger partial charge in [-0.1, -0.05) is 23.7 Å². The third-order valence-electron chi connectivity index (χ3n) is 3.53. The number of hydrogen-bond donors (Lipinski definition) is 0. The lowest BCUT2D eigenvalue weighted by molar-refractivity contribution is -0.385. The molecule has 2 aromatic carbocycles. The second kappa shape index (κ2) is 6.17. The maximum absolute atomic E-state index is 12.9. The van der Waals surface area contributed by atoms with E-state index in [1.165, 1.54) is 19.2 Å². The molecule has 23 heavy (non-hydrogen) atoms. The number of nitro groups is 1. The van der Waals surface area contributed by atoms with E-state index in [1.807, 2.05) is 0 Å². The molecule has 0 N–H and O–H groups in total. The van der Waals surface area contributed by atoms with Crippen LogP contribution in [0, 0.1) is 24.0 Å². The fraction of sp³-hybridized carbons (Fsp3) is 0.200. The Kier molecular flexibility index (Phi) is 4.63. The van der Waals surface area contributed by atoms with E-state index in [0.717, 1.165) is 15.9 Å². The first-order valence-corrected chi connectivity index (χ1v) is 8.46. The van der Waals surface area contributed by atoms with Gasteiger partial charge in [0.1, 0.15) is 0 Å². The summed E-state index contributed by atoms with van der Waals surface area (Å²) >= 11 is 5.94. The van der Waals surface area contributed by atoms with Gasteiger partial charge in [-0.3, -0.25) is 14.4 Å². The van der Waals surface area contributed by atoms with Crippen LogP contribution in [0.3, 0.4) is 0 Å². The molecule has 0 aliphatic heterocycles. The summed E-state index contributed by atoms with van der Waals surface area (Å²) in [6, 6.07) is 8.69. The van der Waals surface area contributed by atoms with E-state index in [9.17, 15) is 18.5 Å². The highest BCUT2D eigenvalue weighted by atomic mass is 35.5. The van der Waals surface area contributed by atoms with Gasteiger partial charge in [-0.05, 0) is 37.1 Å². The van der Waals surface area contributed by atoms with Crippen molar-refractivity contribution in [1.82, 2.24) is 0 Å². The number of nitrogens with zero attached hydrogens (tertiary/aromatic N) is 2. The zero-order valence-corrected chi connectivity index (χ0v) is 14.4. The van der Waals surface area contributed by atoms with E-state index >= 15 is 0 Å². The van der Waals surface area contributed by atoms with Crippen molar-refractivity contribution in [2.24, 2.45) is 0 Å². The quantitative estimate of drug-likeness (QED) is 0.619. The number of halogens is 1. The summed E-state index contributed by atoms with van der Waals surface area (Å²) in [7, 11) is -2.55. The number of hydrogen-bond acceptors (Lipinski definition) is 4. The summed E-state index contributed by atoms with van der Waals surface area (Å²) < 4.78 is 26.8. The molecule has 0 radical (unpaired) electrons.